The molecule has 0 spiro atoms. The number of phosphoric ester groups is 1. The zero-order valence-corrected chi connectivity index (χ0v) is 38.1. The van der Waals surface area contributed by atoms with Crippen LogP contribution in [-0.4, -0.2) is 49.9 Å². The molecule has 0 aliphatic rings. The number of ether oxygens (including phenoxy) is 2. The number of hydrogen-bond donors (Lipinski definition) is 1. The van der Waals surface area contributed by atoms with Gasteiger partial charge in [-0.1, -0.05) is 193 Å². The summed E-state index contributed by atoms with van der Waals surface area (Å²) in [5.41, 5.74) is 3.25. The summed E-state index contributed by atoms with van der Waals surface area (Å²) in [4.78, 5) is 48.1. The second-order valence-electron chi connectivity index (χ2n) is 16.3. The zero-order chi connectivity index (χ0) is 42.8. The average Bonchev–Trinajstić information content (AvgIpc) is 3.20. The quantitative estimate of drug-likeness (QED) is 0.0268. The fraction of sp³-hybridized carbons (Fsp3) is 0.891. The zero-order valence-electron chi connectivity index (χ0n) is 37.2. The van der Waals surface area contributed by atoms with Crippen molar-refractivity contribution >= 4 is 25.7 Å². The molecule has 0 saturated carbocycles. The van der Waals surface area contributed by atoms with Gasteiger partial charge < -0.3 is 39.0 Å². The van der Waals surface area contributed by atoms with Crippen molar-refractivity contribution in [3.05, 3.63) is 12.2 Å². The molecule has 0 aromatic rings. The molecule has 0 radical (unpaired) electrons. The van der Waals surface area contributed by atoms with Crippen LogP contribution < -0.4 is 15.7 Å². The molecule has 1 unspecified atom stereocenters. The van der Waals surface area contributed by atoms with Crippen LogP contribution in [0.4, 0.5) is 0 Å². The molecule has 0 saturated heterocycles. The van der Waals surface area contributed by atoms with E-state index < -0.39 is 51.1 Å². The molecule has 11 nitrogen and oxygen atoms in total. The van der Waals surface area contributed by atoms with E-state index in [1.807, 2.05) is 0 Å². The Hall–Kier alpha value is -1.78. The van der Waals surface area contributed by atoms with Crippen LogP contribution in [0, 0.1) is 0 Å². The van der Waals surface area contributed by atoms with Gasteiger partial charge in [-0.05, 0) is 38.5 Å². The lowest BCUT2D eigenvalue weighted by Gasteiger charge is -2.26. The molecular formula is C46H87NO10P-. The smallest absolute Gasteiger partial charge is 0.306 e. The maximum Gasteiger partial charge on any atom is 0.306 e. The second-order valence-corrected chi connectivity index (χ2v) is 17.7. The Morgan fingerprint density at radius 1 is 0.517 bits per heavy atom. The van der Waals surface area contributed by atoms with Gasteiger partial charge in [-0.3, -0.25) is 14.2 Å². The van der Waals surface area contributed by atoms with Crippen LogP contribution in [0.1, 0.15) is 232 Å². The summed E-state index contributed by atoms with van der Waals surface area (Å²) in [6.07, 6.45) is 42.5. The summed E-state index contributed by atoms with van der Waals surface area (Å²) in [6.45, 7) is 2.73. The van der Waals surface area contributed by atoms with Crippen LogP contribution in [0.15, 0.2) is 12.2 Å². The van der Waals surface area contributed by atoms with Gasteiger partial charge in [0.25, 0.3) is 7.82 Å². The molecule has 0 bridgehead atoms. The van der Waals surface area contributed by atoms with E-state index in [4.69, 9.17) is 14.0 Å². The van der Waals surface area contributed by atoms with Crippen LogP contribution in [0.3, 0.4) is 0 Å². The Morgan fingerprint density at radius 3 is 1.26 bits per heavy atom. The number of unbranched alkanes of at least 4 members (excludes halogenated alkanes) is 29. The Bertz CT molecular complexity index is 1040. The first-order valence-corrected chi connectivity index (χ1v) is 25.2. The summed E-state index contributed by atoms with van der Waals surface area (Å²) in [7, 11) is -4.95. The number of carbonyl (C=O) groups is 3. The highest BCUT2D eigenvalue weighted by atomic mass is 31.2. The van der Waals surface area contributed by atoms with Crippen molar-refractivity contribution in [1.29, 1.82) is 0 Å². The number of carbonyl (C=O) groups excluding carboxylic acids is 3. The lowest BCUT2D eigenvalue weighted by molar-refractivity contribution is -0.441. The Labute approximate surface area is 354 Å². The molecule has 3 atom stereocenters. The normalized spacial score (nSPS) is 13.7. The molecule has 0 heterocycles. The van der Waals surface area contributed by atoms with Crippen molar-refractivity contribution < 1.29 is 53.2 Å². The molecule has 0 aliphatic carbocycles. The van der Waals surface area contributed by atoms with Crippen molar-refractivity contribution in [3.8, 4) is 0 Å². The summed E-state index contributed by atoms with van der Waals surface area (Å²) in [5, 5.41) is 10.9. The Balaban J connectivity index is 4.26. The number of phosphoric acid groups is 1. The highest BCUT2D eigenvalue weighted by Gasteiger charge is 2.22. The number of esters is 2. The van der Waals surface area contributed by atoms with Gasteiger partial charge in [-0.2, -0.15) is 0 Å². The molecule has 0 amide bonds. The van der Waals surface area contributed by atoms with Crippen molar-refractivity contribution in [2.24, 2.45) is 0 Å². The first-order valence-electron chi connectivity index (χ1n) is 23.7. The van der Waals surface area contributed by atoms with E-state index in [0.29, 0.717) is 12.8 Å². The third-order valence-corrected chi connectivity index (χ3v) is 11.5. The van der Waals surface area contributed by atoms with E-state index in [1.54, 1.807) is 0 Å². The molecule has 342 valence electrons. The first-order chi connectivity index (χ1) is 28.1. The van der Waals surface area contributed by atoms with Gasteiger partial charge >= 0.3 is 11.9 Å². The predicted molar refractivity (Wildman–Crippen MR) is 229 cm³/mol. The topological polar surface area (TPSA) is 179 Å². The molecular weight excluding hydrogens is 757 g/mol. The number of aliphatic carboxylic acids is 1. The lowest BCUT2D eigenvalue weighted by Crippen LogP contribution is -2.70. The van der Waals surface area contributed by atoms with Gasteiger partial charge in [0.15, 0.2) is 6.10 Å². The van der Waals surface area contributed by atoms with Gasteiger partial charge in [0.2, 0.25) is 0 Å². The van der Waals surface area contributed by atoms with E-state index in [9.17, 15) is 28.9 Å². The molecule has 0 aromatic heterocycles. The van der Waals surface area contributed by atoms with Crippen molar-refractivity contribution in [2.45, 2.75) is 244 Å². The van der Waals surface area contributed by atoms with Gasteiger partial charge in [0.1, 0.15) is 25.2 Å². The SMILES string of the molecule is CCCCCCCC/C=C\CCCCCCCC(=O)O[C@H](COC(=O)CCCCCCCCCCCCCCCCCCCCC)COP(=O)([O-])OC[C@H]([NH3+])C(=O)[O-]. The molecule has 0 fully saturated rings. The maximum absolute atomic E-state index is 12.6. The van der Waals surface area contributed by atoms with Crippen LogP contribution >= 0.6 is 7.82 Å². The molecule has 12 heteroatoms. The highest BCUT2D eigenvalue weighted by molar-refractivity contribution is 7.45. The monoisotopic (exact) mass is 845 g/mol. The molecule has 0 aromatic carbocycles. The summed E-state index contributed by atoms with van der Waals surface area (Å²) in [6, 6.07) is -1.42. The van der Waals surface area contributed by atoms with Crippen molar-refractivity contribution in [3.63, 3.8) is 0 Å². The molecule has 3 N–H and O–H groups in total. The minimum absolute atomic E-state index is 0.141. The number of carboxylic acids is 1. The predicted octanol–water partition coefficient (Wildman–Crippen LogP) is 10.2. The number of quaternary nitrogens is 1. The fourth-order valence-corrected chi connectivity index (χ4v) is 7.55. The van der Waals surface area contributed by atoms with E-state index in [-0.39, 0.29) is 19.4 Å². The van der Waals surface area contributed by atoms with Crippen molar-refractivity contribution in [2.75, 3.05) is 19.8 Å². The third-order valence-electron chi connectivity index (χ3n) is 10.5. The molecule has 58 heavy (non-hydrogen) atoms. The summed E-state index contributed by atoms with van der Waals surface area (Å²) in [5.74, 6) is -2.57. The summed E-state index contributed by atoms with van der Waals surface area (Å²) >= 11 is 0. The van der Waals surface area contributed by atoms with E-state index in [2.05, 4.69) is 36.3 Å². The minimum atomic E-state index is -4.95. The van der Waals surface area contributed by atoms with Gasteiger partial charge in [0.05, 0.1) is 6.61 Å². The van der Waals surface area contributed by atoms with Gasteiger partial charge in [-0.25, -0.2) is 0 Å². The number of carboxylic acid groups (broad SMARTS) is 1. The van der Waals surface area contributed by atoms with Crippen LogP contribution in [0.5, 0.6) is 0 Å². The second kappa shape index (κ2) is 41.9. The third kappa shape index (κ3) is 41.0. The highest BCUT2D eigenvalue weighted by Crippen LogP contribution is 2.38. The Kier molecular flexibility index (Phi) is 40.6. The van der Waals surface area contributed by atoms with Crippen LogP contribution in [0.2, 0.25) is 0 Å². The Morgan fingerprint density at radius 2 is 0.862 bits per heavy atom. The minimum Gasteiger partial charge on any atom is -0.756 e. The standard InChI is InChI=1S/C46H88NO10P/c1-3-5-7-9-11-13-15-17-19-20-21-22-24-25-27-29-31-33-35-37-44(48)54-39-42(40-55-58(52,53)56-41-43(47)46(50)51)57-45(49)38-36-34-32-30-28-26-23-18-16-14-12-10-8-6-4-2/h18,23,42-43H,3-17,19-22,24-41,47H2,1-2H3,(H,50,51)(H,52,53)/p-1/b23-18-/t42-,43+/m1/s1. The van der Waals surface area contributed by atoms with Crippen LogP contribution in [0.25, 0.3) is 0 Å². The molecule has 0 rings (SSSR count). The van der Waals surface area contributed by atoms with E-state index in [1.165, 1.54) is 135 Å². The van der Waals surface area contributed by atoms with Gasteiger partial charge in [-0.15, -0.1) is 0 Å². The number of hydrogen-bond acceptors (Lipinski definition) is 10. The first kappa shape index (κ1) is 56.2. The summed E-state index contributed by atoms with van der Waals surface area (Å²) < 4.78 is 32.4. The van der Waals surface area contributed by atoms with Gasteiger partial charge in [0, 0.05) is 12.8 Å². The fourth-order valence-electron chi connectivity index (χ4n) is 6.77. The number of rotatable bonds is 45. The largest absolute Gasteiger partial charge is 0.756 e. The van der Waals surface area contributed by atoms with Crippen LogP contribution in [-0.2, 0) is 37.5 Å². The maximum atomic E-state index is 12.6. The van der Waals surface area contributed by atoms with E-state index >= 15 is 0 Å². The van der Waals surface area contributed by atoms with Crippen molar-refractivity contribution in [1.82, 2.24) is 0 Å². The average molecular weight is 845 g/mol. The molecule has 0 aliphatic heterocycles. The van der Waals surface area contributed by atoms with E-state index in [0.717, 1.165) is 57.8 Å². The lowest BCUT2D eigenvalue weighted by atomic mass is 10.0. The number of allylic oxidation sites excluding steroid dienone is 2.